The van der Waals surface area contributed by atoms with Gasteiger partial charge >= 0.3 is 0 Å². The third-order valence-corrected chi connectivity index (χ3v) is 3.47. The van der Waals surface area contributed by atoms with E-state index in [1.807, 2.05) is 0 Å². The van der Waals surface area contributed by atoms with E-state index in [2.05, 4.69) is 17.3 Å². The van der Waals surface area contributed by atoms with E-state index in [-0.39, 0.29) is 16.9 Å². The maximum atomic E-state index is 13.0. The van der Waals surface area contributed by atoms with Gasteiger partial charge in [0.2, 0.25) is 0 Å². The number of aryl methyl sites for hydroxylation is 1. The molecule has 2 rings (SSSR count). The second kappa shape index (κ2) is 6.72. The van der Waals surface area contributed by atoms with Crippen LogP contribution in [0.4, 0.5) is 4.39 Å². The summed E-state index contributed by atoms with van der Waals surface area (Å²) in [5.74, 6) is -0.574. The van der Waals surface area contributed by atoms with Crippen LogP contribution in [-0.2, 0) is 0 Å². The van der Waals surface area contributed by atoms with Crippen molar-refractivity contribution >= 4 is 17.5 Å². The highest BCUT2D eigenvalue weighted by atomic mass is 35.5. The SMILES string of the molecule is CCCCNC(=O)c1c(C)nn(-c2ccc(F)cc2)c1Cl. The number of aromatic nitrogens is 2. The smallest absolute Gasteiger partial charge is 0.256 e. The van der Waals surface area contributed by atoms with Gasteiger partial charge in [0.15, 0.2) is 0 Å². The number of hydrogen-bond donors (Lipinski definition) is 1. The van der Waals surface area contributed by atoms with E-state index in [1.54, 1.807) is 19.1 Å². The van der Waals surface area contributed by atoms with Gasteiger partial charge in [0, 0.05) is 6.54 Å². The number of amides is 1. The average Bonchev–Trinajstić information content (AvgIpc) is 2.75. The molecule has 112 valence electrons. The summed E-state index contributed by atoms with van der Waals surface area (Å²) in [4.78, 5) is 12.2. The molecule has 0 atom stereocenters. The van der Waals surface area contributed by atoms with E-state index < -0.39 is 0 Å². The summed E-state index contributed by atoms with van der Waals surface area (Å²) in [6.45, 7) is 4.38. The number of nitrogens with one attached hydrogen (secondary N) is 1. The summed E-state index contributed by atoms with van der Waals surface area (Å²) in [6.07, 6.45) is 1.91. The molecule has 0 aliphatic heterocycles. The van der Waals surface area contributed by atoms with Crippen LogP contribution in [0.2, 0.25) is 5.15 Å². The largest absolute Gasteiger partial charge is 0.352 e. The lowest BCUT2D eigenvalue weighted by molar-refractivity contribution is 0.0952. The van der Waals surface area contributed by atoms with E-state index in [0.717, 1.165) is 12.8 Å². The number of benzene rings is 1. The van der Waals surface area contributed by atoms with Crippen LogP contribution in [0.3, 0.4) is 0 Å². The van der Waals surface area contributed by atoms with E-state index in [4.69, 9.17) is 11.6 Å². The molecular formula is C15H17ClFN3O. The first-order valence-electron chi connectivity index (χ1n) is 6.83. The first-order valence-corrected chi connectivity index (χ1v) is 7.21. The first kappa shape index (κ1) is 15.5. The highest BCUT2D eigenvalue weighted by Crippen LogP contribution is 2.23. The standard InChI is InChI=1S/C15H17ClFN3O/c1-3-4-9-18-15(21)13-10(2)19-20(14(13)16)12-7-5-11(17)6-8-12/h5-8H,3-4,9H2,1-2H3,(H,18,21). The molecule has 1 aromatic carbocycles. The zero-order valence-electron chi connectivity index (χ0n) is 12.0. The van der Waals surface area contributed by atoms with Crippen molar-refractivity contribution in [3.63, 3.8) is 0 Å². The Labute approximate surface area is 127 Å². The molecule has 6 heteroatoms. The van der Waals surface area contributed by atoms with Gasteiger partial charge in [0.05, 0.1) is 16.9 Å². The summed E-state index contributed by atoms with van der Waals surface area (Å²) in [6, 6.07) is 5.77. The highest BCUT2D eigenvalue weighted by molar-refractivity contribution is 6.33. The first-order chi connectivity index (χ1) is 10.0. The topological polar surface area (TPSA) is 46.9 Å². The van der Waals surface area contributed by atoms with Gasteiger partial charge in [0.1, 0.15) is 11.0 Å². The maximum absolute atomic E-state index is 13.0. The van der Waals surface area contributed by atoms with Crippen molar-refractivity contribution in [2.75, 3.05) is 6.54 Å². The summed E-state index contributed by atoms with van der Waals surface area (Å²) in [7, 11) is 0. The number of halogens is 2. The van der Waals surface area contributed by atoms with E-state index in [0.29, 0.717) is 23.5 Å². The minimum atomic E-state index is -0.337. The lowest BCUT2D eigenvalue weighted by atomic mass is 10.2. The van der Waals surface area contributed by atoms with E-state index in [1.165, 1.54) is 16.8 Å². The van der Waals surface area contributed by atoms with Crippen molar-refractivity contribution in [3.05, 3.63) is 46.5 Å². The molecule has 1 N–H and O–H groups in total. The predicted octanol–water partition coefficient (Wildman–Crippen LogP) is 3.50. The summed E-state index contributed by atoms with van der Waals surface area (Å²) < 4.78 is 14.4. The molecule has 0 aliphatic rings. The fourth-order valence-electron chi connectivity index (χ4n) is 1.98. The van der Waals surface area contributed by atoms with Crippen molar-refractivity contribution in [2.45, 2.75) is 26.7 Å². The Bertz CT molecular complexity index is 637. The molecular weight excluding hydrogens is 293 g/mol. The summed E-state index contributed by atoms with van der Waals surface area (Å²) in [5.41, 5.74) is 1.51. The van der Waals surface area contributed by atoms with Gasteiger partial charge < -0.3 is 5.32 Å². The third-order valence-electron chi connectivity index (χ3n) is 3.12. The van der Waals surface area contributed by atoms with E-state index in [9.17, 15) is 9.18 Å². The van der Waals surface area contributed by atoms with Gasteiger partial charge in [-0.3, -0.25) is 4.79 Å². The Kier molecular flexibility index (Phi) is 4.96. The lowest BCUT2D eigenvalue weighted by Gasteiger charge is -2.05. The Balaban J connectivity index is 2.29. The van der Waals surface area contributed by atoms with E-state index >= 15 is 0 Å². The zero-order chi connectivity index (χ0) is 15.4. The second-order valence-corrected chi connectivity index (χ2v) is 5.11. The van der Waals surface area contributed by atoms with Gasteiger partial charge in [0.25, 0.3) is 5.91 Å². The number of rotatable bonds is 5. The van der Waals surface area contributed by atoms with Crippen molar-refractivity contribution in [1.82, 2.24) is 15.1 Å². The van der Waals surface area contributed by atoms with Crippen molar-refractivity contribution in [2.24, 2.45) is 0 Å². The molecule has 1 heterocycles. The van der Waals surface area contributed by atoms with Gasteiger partial charge in [-0.2, -0.15) is 5.10 Å². The molecule has 0 saturated carbocycles. The van der Waals surface area contributed by atoms with Crippen LogP contribution in [0.5, 0.6) is 0 Å². The van der Waals surface area contributed by atoms with Crippen molar-refractivity contribution in [3.8, 4) is 5.69 Å². The minimum absolute atomic E-state index is 0.230. The number of hydrogen-bond acceptors (Lipinski definition) is 2. The van der Waals surface area contributed by atoms with Gasteiger partial charge in [-0.15, -0.1) is 0 Å². The Morgan fingerprint density at radius 1 is 1.38 bits per heavy atom. The molecule has 4 nitrogen and oxygen atoms in total. The fourth-order valence-corrected chi connectivity index (χ4v) is 2.34. The van der Waals surface area contributed by atoms with Crippen LogP contribution in [0.15, 0.2) is 24.3 Å². The number of carbonyl (C=O) groups excluding carboxylic acids is 1. The number of unbranched alkanes of at least 4 members (excludes halogenated alkanes) is 1. The zero-order valence-corrected chi connectivity index (χ0v) is 12.7. The molecule has 0 fully saturated rings. The molecule has 1 amide bonds. The van der Waals surface area contributed by atoms with Crippen LogP contribution in [0.1, 0.15) is 35.8 Å². The molecule has 21 heavy (non-hydrogen) atoms. The molecule has 0 aliphatic carbocycles. The maximum Gasteiger partial charge on any atom is 0.256 e. The number of carbonyl (C=O) groups is 1. The lowest BCUT2D eigenvalue weighted by Crippen LogP contribution is -2.25. The van der Waals surface area contributed by atoms with Crippen LogP contribution in [-0.4, -0.2) is 22.2 Å². The van der Waals surface area contributed by atoms with Gasteiger partial charge in [-0.25, -0.2) is 9.07 Å². The molecule has 0 unspecified atom stereocenters. The quantitative estimate of drug-likeness (QED) is 0.859. The molecule has 0 radical (unpaired) electrons. The predicted molar refractivity (Wildman–Crippen MR) is 80.5 cm³/mol. The minimum Gasteiger partial charge on any atom is -0.352 e. The van der Waals surface area contributed by atoms with Gasteiger partial charge in [-0.05, 0) is 37.6 Å². The molecule has 0 spiro atoms. The monoisotopic (exact) mass is 309 g/mol. The van der Waals surface area contributed by atoms with Crippen LogP contribution in [0.25, 0.3) is 5.69 Å². The van der Waals surface area contributed by atoms with Crippen molar-refractivity contribution < 1.29 is 9.18 Å². The molecule has 0 saturated heterocycles. The second-order valence-electron chi connectivity index (χ2n) is 4.75. The summed E-state index contributed by atoms with van der Waals surface area (Å²) >= 11 is 6.26. The Morgan fingerprint density at radius 3 is 2.67 bits per heavy atom. The molecule has 0 bridgehead atoms. The van der Waals surface area contributed by atoms with Crippen molar-refractivity contribution in [1.29, 1.82) is 0 Å². The Morgan fingerprint density at radius 2 is 2.05 bits per heavy atom. The van der Waals surface area contributed by atoms with Crippen LogP contribution < -0.4 is 5.32 Å². The number of nitrogens with zero attached hydrogens (tertiary/aromatic N) is 2. The summed E-state index contributed by atoms with van der Waals surface area (Å²) in [5, 5.41) is 7.31. The molecule has 2 aromatic rings. The Hall–Kier alpha value is -1.88. The third kappa shape index (κ3) is 3.42. The molecule has 1 aromatic heterocycles. The van der Waals surface area contributed by atoms with Crippen LogP contribution in [0, 0.1) is 12.7 Å². The highest BCUT2D eigenvalue weighted by Gasteiger charge is 2.20. The fraction of sp³-hybridized carbons (Fsp3) is 0.333. The van der Waals surface area contributed by atoms with Gasteiger partial charge in [-0.1, -0.05) is 24.9 Å². The average molecular weight is 310 g/mol. The van der Waals surface area contributed by atoms with Crippen LogP contribution >= 0.6 is 11.6 Å². The normalized spacial score (nSPS) is 10.7.